The van der Waals surface area contributed by atoms with Crippen LogP contribution in [0, 0.1) is 0 Å². The van der Waals surface area contributed by atoms with Gasteiger partial charge < -0.3 is 9.15 Å². The molecule has 0 saturated carbocycles. The van der Waals surface area contributed by atoms with Crippen LogP contribution in [0.1, 0.15) is 26.4 Å². The van der Waals surface area contributed by atoms with Crippen molar-refractivity contribution in [2.45, 2.75) is 13.1 Å². The normalized spacial score (nSPS) is 12.9. The van der Waals surface area contributed by atoms with E-state index in [1.165, 1.54) is 35.0 Å². The lowest BCUT2D eigenvalue weighted by atomic mass is 10.1. The van der Waals surface area contributed by atoms with Crippen LogP contribution in [0.2, 0.25) is 5.02 Å². The van der Waals surface area contributed by atoms with Crippen LogP contribution in [0.5, 0.6) is 5.75 Å². The highest BCUT2D eigenvalue weighted by Gasteiger charge is 2.36. The first kappa shape index (κ1) is 21.5. The molecule has 1 amide bonds. The Bertz CT molecular complexity index is 1560. The number of fused-ring (bicyclic) bond motifs is 2. The molecule has 170 valence electrons. The van der Waals surface area contributed by atoms with E-state index in [-0.39, 0.29) is 24.2 Å². The second-order valence-electron chi connectivity index (χ2n) is 7.56. The summed E-state index contributed by atoms with van der Waals surface area (Å²) in [6.45, 7) is -0.294. The number of carbonyl (C=O) groups is 3. The Morgan fingerprint density at radius 2 is 1.94 bits per heavy atom. The first-order valence-electron chi connectivity index (χ1n) is 10.0. The number of methoxy groups -OCH3 is 1. The van der Waals surface area contributed by atoms with Crippen molar-refractivity contribution in [3.8, 4) is 5.75 Å². The van der Waals surface area contributed by atoms with Crippen molar-refractivity contribution >= 4 is 45.7 Å². The van der Waals surface area contributed by atoms with Crippen LogP contribution >= 0.6 is 11.6 Å². The van der Waals surface area contributed by atoms with Crippen molar-refractivity contribution in [2.24, 2.45) is 0 Å². The molecular formula is C23H15ClN4O6. The molecule has 0 spiro atoms. The van der Waals surface area contributed by atoms with Gasteiger partial charge in [-0.05, 0) is 42.5 Å². The predicted octanol–water partition coefficient (Wildman–Crippen LogP) is 2.66. The molecule has 2 aromatic heterocycles. The fourth-order valence-electron chi connectivity index (χ4n) is 3.74. The molecule has 1 aliphatic heterocycles. The van der Waals surface area contributed by atoms with Crippen molar-refractivity contribution in [2.75, 3.05) is 12.0 Å². The molecule has 10 nitrogen and oxygen atoms in total. The van der Waals surface area contributed by atoms with E-state index in [9.17, 15) is 19.2 Å². The number of halogens is 1. The van der Waals surface area contributed by atoms with Gasteiger partial charge in [0.1, 0.15) is 29.1 Å². The minimum atomic E-state index is -0.764. The van der Waals surface area contributed by atoms with Gasteiger partial charge in [0.2, 0.25) is 0 Å². The zero-order valence-corrected chi connectivity index (χ0v) is 18.4. The molecule has 0 unspecified atom stereocenters. The summed E-state index contributed by atoms with van der Waals surface area (Å²) in [4.78, 5) is 51.0. The van der Waals surface area contributed by atoms with Crippen molar-refractivity contribution in [1.82, 2.24) is 15.0 Å². The van der Waals surface area contributed by atoms with Crippen LogP contribution in [0.3, 0.4) is 0 Å². The Hall–Kier alpha value is -4.31. The van der Waals surface area contributed by atoms with E-state index in [0.717, 1.165) is 0 Å². The van der Waals surface area contributed by atoms with E-state index in [0.29, 0.717) is 33.1 Å². The lowest BCUT2D eigenvalue weighted by Gasteiger charge is -2.14. The maximum atomic E-state index is 12.8. The van der Waals surface area contributed by atoms with Gasteiger partial charge in [-0.3, -0.25) is 19.3 Å². The number of amides is 1. The standard InChI is InChI=1S/C23H15ClN4O6/c1-33-15-3-5-20-12(6-15)7-17(23(32)34-20)19(29)11-27-9-14(25-26-27)10-28-18-4-2-13(24)8-16(18)21(30)22(28)31/h2-9H,10-11H2,1H3. The van der Waals surface area contributed by atoms with Crippen LogP contribution in [0.4, 0.5) is 5.69 Å². The van der Waals surface area contributed by atoms with Gasteiger partial charge in [-0.25, -0.2) is 9.48 Å². The Morgan fingerprint density at radius 1 is 1.12 bits per heavy atom. The number of ether oxygens (including phenoxy) is 1. The summed E-state index contributed by atoms with van der Waals surface area (Å²) in [5, 5.41) is 8.78. The summed E-state index contributed by atoms with van der Waals surface area (Å²) < 4.78 is 11.7. The SMILES string of the molecule is COc1ccc2oc(=O)c(C(=O)Cn3cc(CN4C(=O)C(=O)c5cc(Cl)ccc54)nn3)cc2c1. The molecule has 11 heteroatoms. The minimum absolute atomic E-state index is 0.0225. The van der Waals surface area contributed by atoms with Gasteiger partial charge in [0.15, 0.2) is 5.78 Å². The Kier molecular flexibility index (Phi) is 5.21. The van der Waals surface area contributed by atoms with Crippen LogP contribution in [0.25, 0.3) is 11.0 Å². The lowest BCUT2D eigenvalue weighted by Crippen LogP contribution is -2.29. The number of nitrogens with zero attached hydrogens (tertiary/aromatic N) is 4. The fourth-order valence-corrected chi connectivity index (χ4v) is 3.91. The van der Waals surface area contributed by atoms with Crippen molar-refractivity contribution in [3.63, 3.8) is 0 Å². The van der Waals surface area contributed by atoms with Gasteiger partial charge in [-0.2, -0.15) is 0 Å². The molecular weight excluding hydrogens is 464 g/mol. The highest BCUT2D eigenvalue weighted by Crippen LogP contribution is 2.32. The van der Waals surface area contributed by atoms with E-state index in [2.05, 4.69) is 10.3 Å². The summed E-state index contributed by atoms with van der Waals surface area (Å²) in [7, 11) is 1.51. The monoisotopic (exact) mass is 478 g/mol. The van der Waals surface area contributed by atoms with Gasteiger partial charge in [-0.15, -0.1) is 5.10 Å². The van der Waals surface area contributed by atoms with E-state index >= 15 is 0 Å². The third-order valence-corrected chi connectivity index (χ3v) is 5.62. The van der Waals surface area contributed by atoms with Gasteiger partial charge in [-0.1, -0.05) is 16.8 Å². The Morgan fingerprint density at radius 3 is 2.74 bits per heavy atom. The quantitative estimate of drug-likeness (QED) is 0.235. The topological polar surface area (TPSA) is 125 Å². The molecule has 3 heterocycles. The molecule has 0 aliphatic carbocycles. The summed E-state index contributed by atoms with van der Waals surface area (Å²) in [5.41, 5.74) is 0.432. The van der Waals surface area contributed by atoms with Gasteiger partial charge in [0, 0.05) is 10.4 Å². The maximum absolute atomic E-state index is 12.8. The smallest absolute Gasteiger partial charge is 0.347 e. The number of hydrogen-bond donors (Lipinski definition) is 0. The number of benzene rings is 2. The molecule has 0 bridgehead atoms. The molecule has 0 atom stereocenters. The molecule has 0 radical (unpaired) electrons. The number of hydrogen-bond acceptors (Lipinski definition) is 8. The fraction of sp³-hybridized carbons (Fsp3) is 0.130. The van der Waals surface area contributed by atoms with Gasteiger partial charge >= 0.3 is 5.63 Å². The lowest BCUT2D eigenvalue weighted by molar-refractivity contribution is -0.114. The van der Waals surface area contributed by atoms with Crippen molar-refractivity contribution in [1.29, 1.82) is 0 Å². The Balaban J connectivity index is 1.36. The summed E-state index contributed by atoms with van der Waals surface area (Å²) >= 11 is 5.93. The summed E-state index contributed by atoms with van der Waals surface area (Å²) in [6.07, 6.45) is 1.47. The number of aromatic nitrogens is 3. The minimum Gasteiger partial charge on any atom is -0.497 e. The maximum Gasteiger partial charge on any atom is 0.347 e. The van der Waals surface area contributed by atoms with Crippen molar-refractivity contribution < 1.29 is 23.5 Å². The summed E-state index contributed by atoms with van der Waals surface area (Å²) in [5.74, 6) is -1.33. The second-order valence-corrected chi connectivity index (χ2v) is 8.00. The molecule has 0 fully saturated rings. The number of Topliss-reactive ketones (excluding diaryl/α,β-unsaturated/α-hetero) is 2. The first-order chi connectivity index (χ1) is 16.3. The van der Waals surface area contributed by atoms with Crippen molar-refractivity contribution in [3.05, 3.63) is 80.9 Å². The second kappa shape index (κ2) is 8.23. The average Bonchev–Trinajstić information content (AvgIpc) is 3.36. The number of ketones is 2. The number of carbonyl (C=O) groups excluding carboxylic acids is 3. The van der Waals surface area contributed by atoms with Crippen LogP contribution < -0.4 is 15.3 Å². The zero-order valence-electron chi connectivity index (χ0n) is 17.6. The third-order valence-electron chi connectivity index (χ3n) is 5.38. The van der Waals surface area contributed by atoms with E-state index in [4.69, 9.17) is 20.8 Å². The third kappa shape index (κ3) is 3.73. The van der Waals surface area contributed by atoms with Gasteiger partial charge in [0.05, 0.1) is 31.1 Å². The predicted molar refractivity (Wildman–Crippen MR) is 120 cm³/mol. The molecule has 4 aromatic rings. The van der Waals surface area contributed by atoms with Crippen LogP contribution in [-0.4, -0.2) is 39.6 Å². The van der Waals surface area contributed by atoms with Crippen LogP contribution in [0.15, 0.2) is 57.9 Å². The molecule has 0 N–H and O–H groups in total. The van der Waals surface area contributed by atoms with Gasteiger partial charge in [0.25, 0.3) is 11.7 Å². The molecule has 0 saturated heterocycles. The highest BCUT2D eigenvalue weighted by atomic mass is 35.5. The highest BCUT2D eigenvalue weighted by molar-refractivity contribution is 6.52. The molecule has 1 aliphatic rings. The molecule has 2 aromatic carbocycles. The van der Waals surface area contributed by atoms with E-state index in [1.807, 2.05) is 0 Å². The first-order valence-corrected chi connectivity index (χ1v) is 10.4. The Labute approximate surface area is 196 Å². The average molecular weight is 479 g/mol. The zero-order chi connectivity index (χ0) is 24.0. The molecule has 5 rings (SSSR count). The number of anilines is 1. The molecule has 34 heavy (non-hydrogen) atoms. The van der Waals surface area contributed by atoms with E-state index in [1.54, 1.807) is 30.3 Å². The van der Waals surface area contributed by atoms with Crippen LogP contribution in [-0.2, 0) is 17.9 Å². The largest absolute Gasteiger partial charge is 0.497 e. The van der Waals surface area contributed by atoms with E-state index < -0.39 is 23.1 Å². The number of rotatable bonds is 6. The summed E-state index contributed by atoms with van der Waals surface area (Å²) in [6, 6.07) is 10.9.